The van der Waals surface area contributed by atoms with Crippen molar-refractivity contribution in [3.05, 3.63) is 45.2 Å². The number of aryl methyl sites for hydroxylation is 2. The predicted molar refractivity (Wildman–Crippen MR) is 98.1 cm³/mol. The number of carbonyl (C=O) groups is 1. The number of nitrogens with one attached hydrogen (secondary N) is 1. The number of aromatic nitrogens is 2. The first-order valence-electron chi connectivity index (χ1n) is 7.64. The molecule has 0 atom stereocenters. The molecule has 136 valence electrons. The van der Waals surface area contributed by atoms with Crippen molar-refractivity contribution in [1.82, 2.24) is 9.97 Å². The van der Waals surface area contributed by atoms with Gasteiger partial charge in [-0.25, -0.2) is 9.97 Å². The molecular formula is C17H15F2N3O2S2. The van der Waals surface area contributed by atoms with Gasteiger partial charge in [0.05, 0.1) is 22.8 Å². The Labute approximate surface area is 156 Å². The van der Waals surface area contributed by atoms with Gasteiger partial charge >= 0.3 is 6.61 Å². The second-order valence-electron chi connectivity index (χ2n) is 5.41. The number of hydrogen-bond acceptors (Lipinski definition) is 6. The van der Waals surface area contributed by atoms with Gasteiger partial charge in [0.2, 0.25) is 5.91 Å². The van der Waals surface area contributed by atoms with E-state index in [1.54, 1.807) is 12.1 Å². The molecule has 0 fully saturated rings. The molecule has 5 nitrogen and oxygen atoms in total. The predicted octanol–water partition coefficient (Wildman–Crippen LogP) is 4.67. The summed E-state index contributed by atoms with van der Waals surface area (Å²) in [5.41, 5.74) is 2.18. The number of thiazole rings is 2. The van der Waals surface area contributed by atoms with Crippen LogP contribution in [0.15, 0.2) is 29.6 Å². The zero-order valence-corrected chi connectivity index (χ0v) is 15.6. The third-order valence-electron chi connectivity index (χ3n) is 3.40. The zero-order valence-electron chi connectivity index (χ0n) is 14.0. The van der Waals surface area contributed by atoms with Crippen LogP contribution in [0.4, 0.5) is 13.9 Å². The van der Waals surface area contributed by atoms with Gasteiger partial charge < -0.3 is 10.1 Å². The third kappa shape index (κ3) is 4.61. The summed E-state index contributed by atoms with van der Waals surface area (Å²) >= 11 is 2.86. The molecule has 0 spiro atoms. The highest BCUT2D eigenvalue weighted by atomic mass is 32.1. The molecule has 0 aliphatic carbocycles. The number of benzene rings is 1. The van der Waals surface area contributed by atoms with Crippen LogP contribution < -0.4 is 10.1 Å². The van der Waals surface area contributed by atoms with E-state index in [0.29, 0.717) is 10.8 Å². The van der Waals surface area contributed by atoms with Gasteiger partial charge in [-0.2, -0.15) is 8.78 Å². The molecule has 0 aliphatic heterocycles. The maximum Gasteiger partial charge on any atom is 0.387 e. The molecule has 1 N–H and O–H groups in total. The van der Waals surface area contributed by atoms with Crippen molar-refractivity contribution >= 4 is 33.7 Å². The third-order valence-corrected chi connectivity index (χ3v) is 5.11. The molecule has 0 bridgehead atoms. The Hall–Kier alpha value is -2.39. The molecule has 0 radical (unpaired) electrons. The highest BCUT2D eigenvalue weighted by Crippen LogP contribution is 2.31. The number of amides is 1. The van der Waals surface area contributed by atoms with E-state index in [2.05, 4.69) is 20.0 Å². The molecular weight excluding hydrogens is 380 g/mol. The highest BCUT2D eigenvalue weighted by molar-refractivity contribution is 7.16. The van der Waals surface area contributed by atoms with Crippen molar-refractivity contribution in [3.63, 3.8) is 0 Å². The maximum absolute atomic E-state index is 12.2. The minimum atomic E-state index is -2.86. The fraction of sp³-hybridized carbons (Fsp3) is 0.235. The fourth-order valence-corrected chi connectivity index (χ4v) is 3.79. The first kappa shape index (κ1) is 18.4. The Balaban J connectivity index is 1.69. The molecule has 1 amide bonds. The standard InChI is InChI=1S/C17H15F2N3O2S2/c1-9-15(11-3-5-13(6-4-11)24-16(18)19)22-17(26-9)21-14(23)7-12-8-25-10(2)20-12/h3-6,8,16H,7H2,1-2H3,(H,21,22,23). The van der Waals surface area contributed by atoms with Crippen LogP contribution in [-0.4, -0.2) is 22.5 Å². The fourth-order valence-electron chi connectivity index (χ4n) is 2.33. The van der Waals surface area contributed by atoms with Crippen molar-refractivity contribution in [2.75, 3.05) is 5.32 Å². The van der Waals surface area contributed by atoms with E-state index in [1.807, 2.05) is 19.2 Å². The quantitative estimate of drug-likeness (QED) is 0.659. The average molecular weight is 395 g/mol. The summed E-state index contributed by atoms with van der Waals surface area (Å²) in [6, 6.07) is 6.24. The summed E-state index contributed by atoms with van der Waals surface area (Å²) in [7, 11) is 0. The summed E-state index contributed by atoms with van der Waals surface area (Å²) in [6.45, 7) is 0.918. The molecule has 2 aromatic heterocycles. The largest absolute Gasteiger partial charge is 0.435 e. The maximum atomic E-state index is 12.2. The van der Waals surface area contributed by atoms with Crippen LogP contribution in [0.2, 0.25) is 0 Å². The normalized spacial score (nSPS) is 11.0. The molecule has 9 heteroatoms. The number of nitrogens with zero attached hydrogens (tertiary/aromatic N) is 2. The summed E-state index contributed by atoms with van der Waals surface area (Å²) in [5.74, 6) is -0.0972. The number of hydrogen-bond donors (Lipinski definition) is 1. The number of carbonyl (C=O) groups excluding carboxylic acids is 1. The van der Waals surface area contributed by atoms with E-state index in [-0.39, 0.29) is 18.1 Å². The number of ether oxygens (including phenoxy) is 1. The molecule has 2 heterocycles. The number of anilines is 1. The molecule has 0 unspecified atom stereocenters. The first-order valence-corrected chi connectivity index (χ1v) is 9.34. The van der Waals surface area contributed by atoms with Gasteiger partial charge in [-0.1, -0.05) is 0 Å². The highest BCUT2D eigenvalue weighted by Gasteiger charge is 2.14. The van der Waals surface area contributed by atoms with E-state index >= 15 is 0 Å². The molecule has 3 rings (SSSR count). The van der Waals surface area contributed by atoms with Crippen molar-refractivity contribution in [2.24, 2.45) is 0 Å². The monoisotopic (exact) mass is 395 g/mol. The summed E-state index contributed by atoms with van der Waals surface area (Å²) in [5, 5.41) is 6.04. The number of rotatable bonds is 6. The van der Waals surface area contributed by atoms with Crippen molar-refractivity contribution in [3.8, 4) is 17.0 Å². The second kappa shape index (κ2) is 7.88. The molecule has 26 heavy (non-hydrogen) atoms. The van der Waals surface area contributed by atoms with Gasteiger partial charge in [0.25, 0.3) is 0 Å². The Morgan fingerprint density at radius 2 is 1.96 bits per heavy atom. The van der Waals surface area contributed by atoms with E-state index < -0.39 is 6.61 Å². The Morgan fingerprint density at radius 3 is 2.58 bits per heavy atom. The number of alkyl halides is 2. The SMILES string of the molecule is Cc1nc(CC(=O)Nc2nc(-c3ccc(OC(F)F)cc3)c(C)s2)cs1. The first-order chi connectivity index (χ1) is 12.4. The lowest BCUT2D eigenvalue weighted by atomic mass is 10.1. The van der Waals surface area contributed by atoms with E-state index in [1.165, 1.54) is 34.8 Å². The lowest BCUT2D eigenvalue weighted by Gasteiger charge is -2.05. The van der Waals surface area contributed by atoms with Gasteiger partial charge in [-0.15, -0.1) is 22.7 Å². The van der Waals surface area contributed by atoms with Gasteiger partial charge in [0, 0.05) is 15.8 Å². The van der Waals surface area contributed by atoms with E-state index in [9.17, 15) is 13.6 Å². The van der Waals surface area contributed by atoms with Crippen molar-refractivity contribution in [1.29, 1.82) is 0 Å². The minimum Gasteiger partial charge on any atom is -0.435 e. The van der Waals surface area contributed by atoms with Crippen LogP contribution >= 0.6 is 22.7 Å². The van der Waals surface area contributed by atoms with Gasteiger partial charge in [-0.05, 0) is 38.1 Å². The smallest absolute Gasteiger partial charge is 0.387 e. The number of halogens is 2. The molecule has 1 aromatic carbocycles. The zero-order chi connectivity index (χ0) is 18.7. The van der Waals surface area contributed by atoms with Crippen molar-refractivity contribution < 1.29 is 18.3 Å². The summed E-state index contributed by atoms with van der Waals surface area (Å²) in [4.78, 5) is 21.7. The second-order valence-corrected chi connectivity index (χ2v) is 7.67. The van der Waals surface area contributed by atoms with Crippen LogP contribution in [0.3, 0.4) is 0 Å². The van der Waals surface area contributed by atoms with Gasteiger partial charge in [0.1, 0.15) is 5.75 Å². The molecule has 0 saturated carbocycles. The Bertz CT molecular complexity index is 907. The average Bonchev–Trinajstić information content (AvgIpc) is 3.13. The van der Waals surface area contributed by atoms with Crippen LogP contribution in [0, 0.1) is 13.8 Å². The molecule has 0 saturated heterocycles. The summed E-state index contributed by atoms with van der Waals surface area (Å²) in [6.07, 6.45) is 0.192. The van der Waals surface area contributed by atoms with E-state index in [0.717, 1.165) is 21.1 Å². The van der Waals surface area contributed by atoms with Gasteiger partial charge in [0.15, 0.2) is 5.13 Å². The molecule has 3 aromatic rings. The van der Waals surface area contributed by atoms with Gasteiger partial charge in [-0.3, -0.25) is 4.79 Å². The summed E-state index contributed by atoms with van der Waals surface area (Å²) < 4.78 is 28.8. The Morgan fingerprint density at radius 1 is 1.23 bits per heavy atom. The molecule has 0 aliphatic rings. The van der Waals surface area contributed by atoms with E-state index in [4.69, 9.17) is 0 Å². The minimum absolute atomic E-state index is 0.0868. The van der Waals surface area contributed by atoms with Crippen molar-refractivity contribution in [2.45, 2.75) is 26.9 Å². The Kier molecular flexibility index (Phi) is 5.58. The lowest BCUT2D eigenvalue weighted by Crippen LogP contribution is -2.14. The van der Waals surface area contributed by atoms with Crippen LogP contribution in [0.25, 0.3) is 11.3 Å². The topological polar surface area (TPSA) is 64.1 Å². The van der Waals surface area contributed by atoms with Crippen LogP contribution in [-0.2, 0) is 11.2 Å². The van der Waals surface area contributed by atoms with Crippen LogP contribution in [0.1, 0.15) is 15.6 Å². The van der Waals surface area contributed by atoms with Crippen LogP contribution in [0.5, 0.6) is 5.75 Å². The lowest BCUT2D eigenvalue weighted by molar-refractivity contribution is -0.115.